The molecule has 2 atom stereocenters. The Morgan fingerprint density at radius 1 is 1.20 bits per heavy atom. The van der Waals surface area contributed by atoms with E-state index in [-0.39, 0.29) is 17.9 Å². The highest BCUT2D eigenvalue weighted by Crippen LogP contribution is 2.34. The highest BCUT2D eigenvalue weighted by molar-refractivity contribution is 5.72. The molecule has 0 aromatic heterocycles. The van der Waals surface area contributed by atoms with Crippen molar-refractivity contribution in [2.75, 3.05) is 14.2 Å². The second-order valence-corrected chi connectivity index (χ2v) is 4.01. The SMILES string of the molecule is COC(=O)CCC1CCC(C(=O)OC)C1. The van der Waals surface area contributed by atoms with Gasteiger partial charge in [-0.2, -0.15) is 0 Å². The van der Waals surface area contributed by atoms with Crippen LogP contribution in [0.3, 0.4) is 0 Å². The molecule has 1 fully saturated rings. The molecule has 4 heteroatoms. The normalized spacial score (nSPS) is 24.9. The third-order valence-corrected chi connectivity index (χ3v) is 3.06. The van der Waals surface area contributed by atoms with Crippen LogP contribution in [0.15, 0.2) is 0 Å². The van der Waals surface area contributed by atoms with Crippen molar-refractivity contribution in [3.8, 4) is 0 Å². The molecule has 1 rings (SSSR count). The topological polar surface area (TPSA) is 52.6 Å². The predicted molar refractivity (Wildman–Crippen MR) is 54.1 cm³/mol. The zero-order valence-corrected chi connectivity index (χ0v) is 9.32. The van der Waals surface area contributed by atoms with Gasteiger partial charge in [0.15, 0.2) is 0 Å². The van der Waals surface area contributed by atoms with E-state index in [4.69, 9.17) is 4.74 Å². The van der Waals surface area contributed by atoms with Crippen molar-refractivity contribution in [1.82, 2.24) is 0 Å². The van der Waals surface area contributed by atoms with Gasteiger partial charge in [-0.3, -0.25) is 9.59 Å². The molecule has 4 nitrogen and oxygen atoms in total. The van der Waals surface area contributed by atoms with E-state index >= 15 is 0 Å². The molecule has 0 N–H and O–H groups in total. The van der Waals surface area contributed by atoms with Crippen molar-refractivity contribution in [2.24, 2.45) is 11.8 Å². The Hall–Kier alpha value is -1.06. The zero-order chi connectivity index (χ0) is 11.3. The summed E-state index contributed by atoms with van der Waals surface area (Å²) in [5, 5.41) is 0. The third kappa shape index (κ3) is 3.53. The summed E-state index contributed by atoms with van der Waals surface area (Å²) in [4.78, 5) is 22.2. The summed E-state index contributed by atoms with van der Waals surface area (Å²) in [6, 6.07) is 0. The van der Waals surface area contributed by atoms with E-state index in [1.807, 2.05) is 0 Å². The molecule has 1 aliphatic carbocycles. The van der Waals surface area contributed by atoms with Crippen LogP contribution in [0.5, 0.6) is 0 Å². The molecular formula is C11H18O4. The van der Waals surface area contributed by atoms with Crippen LogP contribution in [0.4, 0.5) is 0 Å². The number of rotatable bonds is 4. The van der Waals surface area contributed by atoms with Gasteiger partial charge in [0, 0.05) is 6.42 Å². The number of hydrogen-bond donors (Lipinski definition) is 0. The number of methoxy groups -OCH3 is 2. The molecule has 15 heavy (non-hydrogen) atoms. The minimum Gasteiger partial charge on any atom is -0.469 e. The summed E-state index contributed by atoms with van der Waals surface area (Å²) in [7, 11) is 2.82. The maximum Gasteiger partial charge on any atom is 0.308 e. The van der Waals surface area contributed by atoms with Crippen LogP contribution >= 0.6 is 0 Å². The smallest absolute Gasteiger partial charge is 0.308 e. The first-order valence-corrected chi connectivity index (χ1v) is 5.32. The average molecular weight is 214 g/mol. The van der Waals surface area contributed by atoms with Crippen molar-refractivity contribution in [2.45, 2.75) is 32.1 Å². The van der Waals surface area contributed by atoms with Crippen LogP contribution in [0.2, 0.25) is 0 Å². The molecule has 1 aliphatic rings. The summed E-state index contributed by atoms with van der Waals surface area (Å²) >= 11 is 0. The second-order valence-electron chi connectivity index (χ2n) is 4.01. The molecule has 0 aromatic rings. The van der Waals surface area contributed by atoms with Gasteiger partial charge in [-0.15, -0.1) is 0 Å². The number of hydrogen-bond acceptors (Lipinski definition) is 4. The lowest BCUT2D eigenvalue weighted by Crippen LogP contribution is -2.13. The van der Waals surface area contributed by atoms with Crippen molar-refractivity contribution in [3.63, 3.8) is 0 Å². The first kappa shape index (κ1) is 12.0. The van der Waals surface area contributed by atoms with E-state index in [9.17, 15) is 9.59 Å². The van der Waals surface area contributed by atoms with E-state index in [2.05, 4.69) is 4.74 Å². The molecule has 0 aliphatic heterocycles. The minimum absolute atomic E-state index is 0.0395. The summed E-state index contributed by atoms with van der Waals surface area (Å²) in [5.74, 6) is 0.220. The summed E-state index contributed by atoms with van der Waals surface area (Å²) in [6.45, 7) is 0. The Labute approximate surface area is 89.9 Å². The molecule has 0 saturated heterocycles. The van der Waals surface area contributed by atoms with E-state index in [0.717, 1.165) is 25.7 Å². The van der Waals surface area contributed by atoms with E-state index in [0.29, 0.717) is 12.3 Å². The summed E-state index contributed by atoms with van der Waals surface area (Å²) < 4.78 is 9.27. The molecule has 0 aromatic carbocycles. The van der Waals surface area contributed by atoms with Crippen molar-refractivity contribution < 1.29 is 19.1 Å². The lowest BCUT2D eigenvalue weighted by molar-refractivity contribution is -0.145. The number of ether oxygens (including phenoxy) is 2. The van der Waals surface area contributed by atoms with Gasteiger partial charge in [-0.05, 0) is 31.6 Å². The molecule has 0 bridgehead atoms. The van der Waals surface area contributed by atoms with Gasteiger partial charge in [0.05, 0.1) is 20.1 Å². The monoisotopic (exact) mass is 214 g/mol. The highest BCUT2D eigenvalue weighted by atomic mass is 16.5. The van der Waals surface area contributed by atoms with Gasteiger partial charge in [-0.25, -0.2) is 0 Å². The average Bonchev–Trinajstić information content (AvgIpc) is 2.73. The molecule has 0 radical (unpaired) electrons. The first-order valence-electron chi connectivity index (χ1n) is 5.32. The van der Waals surface area contributed by atoms with Gasteiger partial charge in [0.2, 0.25) is 0 Å². The molecule has 2 unspecified atom stereocenters. The van der Waals surface area contributed by atoms with Crippen LogP contribution in [0, 0.1) is 11.8 Å². The van der Waals surface area contributed by atoms with Crippen LogP contribution in [-0.4, -0.2) is 26.2 Å². The summed E-state index contributed by atoms with van der Waals surface area (Å²) in [5.41, 5.74) is 0. The van der Waals surface area contributed by atoms with Crippen LogP contribution < -0.4 is 0 Å². The predicted octanol–water partition coefficient (Wildman–Crippen LogP) is 1.53. The molecular weight excluding hydrogens is 196 g/mol. The quantitative estimate of drug-likeness (QED) is 0.666. The van der Waals surface area contributed by atoms with E-state index < -0.39 is 0 Å². The van der Waals surface area contributed by atoms with Crippen molar-refractivity contribution in [1.29, 1.82) is 0 Å². The molecule has 0 amide bonds. The third-order valence-electron chi connectivity index (χ3n) is 3.06. The summed E-state index contributed by atoms with van der Waals surface area (Å²) in [6.07, 6.45) is 4.02. The molecule has 0 heterocycles. The standard InChI is InChI=1S/C11H18O4/c1-14-10(12)6-4-8-3-5-9(7-8)11(13)15-2/h8-9H,3-7H2,1-2H3. The molecule has 86 valence electrons. The maximum absolute atomic E-state index is 11.2. The van der Waals surface area contributed by atoms with Gasteiger partial charge >= 0.3 is 11.9 Å². The lowest BCUT2D eigenvalue weighted by Gasteiger charge is -2.08. The van der Waals surface area contributed by atoms with Crippen LogP contribution in [0.25, 0.3) is 0 Å². The van der Waals surface area contributed by atoms with Gasteiger partial charge in [0.1, 0.15) is 0 Å². The van der Waals surface area contributed by atoms with E-state index in [1.54, 1.807) is 0 Å². The van der Waals surface area contributed by atoms with Crippen LogP contribution in [0.1, 0.15) is 32.1 Å². The number of carbonyl (C=O) groups is 2. The minimum atomic E-state index is -0.170. The lowest BCUT2D eigenvalue weighted by atomic mass is 10.00. The number of esters is 2. The fourth-order valence-corrected chi connectivity index (χ4v) is 2.14. The Morgan fingerprint density at radius 3 is 2.53 bits per heavy atom. The Balaban J connectivity index is 2.24. The zero-order valence-electron chi connectivity index (χ0n) is 9.32. The Bertz CT molecular complexity index is 237. The fraction of sp³-hybridized carbons (Fsp3) is 0.818. The highest BCUT2D eigenvalue weighted by Gasteiger charge is 2.30. The number of carbonyl (C=O) groups excluding carboxylic acids is 2. The molecule has 1 saturated carbocycles. The largest absolute Gasteiger partial charge is 0.469 e. The molecule has 0 spiro atoms. The first-order chi connectivity index (χ1) is 7.17. The van der Waals surface area contributed by atoms with E-state index in [1.165, 1.54) is 14.2 Å². The maximum atomic E-state index is 11.2. The Morgan fingerprint density at radius 2 is 1.93 bits per heavy atom. The second kappa shape index (κ2) is 5.73. The van der Waals surface area contributed by atoms with Gasteiger partial charge in [0.25, 0.3) is 0 Å². The van der Waals surface area contributed by atoms with Crippen LogP contribution in [-0.2, 0) is 19.1 Å². The van der Waals surface area contributed by atoms with Gasteiger partial charge < -0.3 is 9.47 Å². The Kier molecular flexibility index (Phi) is 4.59. The van der Waals surface area contributed by atoms with Crippen molar-refractivity contribution in [3.05, 3.63) is 0 Å². The van der Waals surface area contributed by atoms with Gasteiger partial charge in [-0.1, -0.05) is 0 Å². The fourth-order valence-electron chi connectivity index (χ4n) is 2.14. The van der Waals surface area contributed by atoms with Crippen molar-refractivity contribution >= 4 is 11.9 Å².